The van der Waals surface area contributed by atoms with Gasteiger partial charge in [0.1, 0.15) is 17.4 Å². The summed E-state index contributed by atoms with van der Waals surface area (Å²) in [6, 6.07) is 14.4. The molecule has 0 atom stereocenters. The zero-order valence-electron chi connectivity index (χ0n) is 16.3. The van der Waals surface area contributed by atoms with E-state index in [2.05, 4.69) is 10.1 Å². The van der Waals surface area contributed by atoms with Crippen molar-refractivity contribution in [3.63, 3.8) is 0 Å². The topological polar surface area (TPSA) is 91.7 Å². The smallest absolute Gasteiger partial charge is 0.387 e. The number of benzene rings is 2. The molecule has 0 aliphatic rings. The van der Waals surface area contributed by atoms with Gasteiger partial charge in [0.2, 0.25) is 0 Å². The molecule has 2 rings (SSSR count). The second-order valence-electron chi connectivity index (χ2n) is 6.15. The second-order valence-corrected chi connectivity index (χ2v) is 6.15. The molecule has 0 spiro atoms. The van der Waals surface area contributed by atoms with Crippen LogP contribution in [0.5, 0.6) is 5.75 Å². The van der Waals surface area contributed by atoms with Gasteiger partial charge in [0.25, 0.3) is 5.91 Å². The summed E-state index contributed by atoms with van der Waals surface area (Å²) in [5.74, 6) is -1.99. The summed E-state index contributed by atoms with van der Waals surface area (Å²) in [5.41, 5.74) is 1.26. The van der Waals surface area contributed by atoms with Crippen LogP contribution in [0.1, 0.15) is 5.56 Å². The molecular weight excluding hydrogens is 396 g/mol. The Hall–Kier alpha value is -3.93. The number of esters is 1. The Morgan fingerprint density at radius 3 is 2.43 bits per heavy atom. The Bertz CT molecular complexity index is 967. The minimum Gasteiger partial charge on any atom is -0.451 e. The van der Waals surface area contributed by atoms with E-state index in [9.17, 15) is 23.6 Å². The zero-order valence-corrected chi connectivity index (χ0v) is 16.3. The fourth-order valence-corrected chi connectivity index (χ4v) is 2.34. The van der Waals surface area contributed by atoms with Gasteiger partial charge in [-0.2, -0.15) is 14.0 Å². The van der Waals surface area contributed by atoms with Gasteiger partial charge in [-0.1, -0.05) is 24.3 Å². The van der Waals surface area contributed by atoms with Crippen LogP contribution in [0.4, 0.5) is 20.2 Å². The fourth-order valence-electron chi connectivity index (χ4n) is 2.34. The number of halogens is 2. The number of nitrogens with zero attached hydrogens (tertiary/aromatic N) is 2. The molecule has 0 aliphatic carbocycles. The molecule has 30 heavy (non-hydrogen) atoms. The average Bonchev–Trinajstić information content (AvgIpc) is 2.71. The minimum atomic E-state index is -3.06. The SMILES string of the molecule is CN(C)c1ccc(/C=C(\C#N)C(=O)OCC(=O)Nc2ccccc2OC(F)F)cc1. The van der Waals surface area contributed by atoms with Crippen molar-refractivity contribution in [3.05, 3.63) is 59.7 Å². The van der Waals surface area contributed by atoms with E-state index in [1.807, 2.05) is 31.1 Å². The Balaban J connectivity index is 1.98. The van der Waals surface area contributed by atoms with Crippen LogP contribution in [0, 0.1) is 11.3 Å². The van der Waals surface area contributed by atoms with Crippen molar-refractivity contribution in [2.24, 2.45) is 0 Å². The molecule has 2 aromatic carbocycles. The number of carbonyl (C=O) groups excluding carboxylic acids is 2. The Kier molecular flexibility index (Phi) is 7.88. The lowest BCUT2D eigenvalue weighted by molar-refractivity contribution is -0.142. The summed E-state index contributed by atoms with van der Waals surface area (Å²) in [7, 11) is 3.76. The maximum Gasteiger partial charge on any atom is 0.387 e. The normalized spacial score (nSPS) is 10.9. The third-order valence-corrected chi connectivity index (χ3v) is 3.77. The summed E-state index contributed by atoms with van der Waals surface area (Å²) >= 11 is 0. The van der Waals surface area contributed by atoms with E-state index in [0.717, 1.165) is 5.69 Å². The molecule has 0 unspecified atom stereocenters. The molecule has 0 bridgehead atoms. The molecule has 0 fully saturated rings. The first-order valence-corrected chi connectivity index (χ1v) is 8.70. The predicted molar refractivity (Wildman–Crippen MR) is 107 cm³/mol. The van der Waals surface area contributed by atoms with Gasteiger partial charge >= 0.3 is 12.6 Å². The highest BCUT2D eigenvalue weighted by Gasteiger charge is 2.15. The monoisotopic (exact) mass is 415 g/mol. The van der Waals surface area contributed by atoms with Crippen LogP contribution in [0.3, 0.4) is 0 Å². The second kappa shape index (κ2) is 10.6. The third kappa shape index (κ3) is 6.60. The number of alkyl halides is 2. The number of carbonyl (C=O) groups is 2. The first-order valence-electron chi connectivity index (χ1n) is 8.70. The molecule has 0 aromatic heterocycles. The van der Waals surface area contributed by atoms with Crippen molar-refractivity contribution in [2.45, 2.75) is 6.61 Å². The molecule has 0 saturated carbocycles. The zero-order chi connectivity index (χ0) is 22.1. The molecule has 1 amide bonds. The van der Waals surface area contributed by atoms with Crippen LogP contribution in [0.2, 0.25) is 0 Å². The standard InChI is InChI=1S/C21H19F2N3O4/c1-26(2)16-9-7-14(8-10-16)11-15(12-24)20(28)29-13-19(27)25-17-5-3-4-6-18(17)30-21(22)23/h3-11,21H,13H2,1-2H3,(H,25,27)/b15-11+. The number of anilines is 2. The number of rotatable bonds is 8. The van der Waals surface area contributed by atoms with Gasteiger partial charge in [0.15, 0.2) is 6.61 Å². The maximum atomic E-state index is 12.4. The largest absolute Gasteiger partial charge is 0.451 e. The molecule has 0 radical (unpaired) electrons. The molecule has 9 heteroatoms. The van der Waals surface area contributed by atoms with E-state index in [1.54, 1.807) is 18.2 Å². The summed E-state index contributed by atoms with van der Waals surface area (Å²) in [6.07, 6.45) is 1.34. The van der Waals surface area contributed by atoms with Gasteiger partial charge in [-0.05, 0) is 35.9 Å². The van der Waals surface area contributed by atoms with Crippen LogP contribution in [0.25, 0.3) is 6.08 Å². The van der Waals surface area contributed by atoms with Crippen LogP contribution in [-0.2, 0) is 14.3 Å². The van der Waals surface area contributed by atoms with Crippen LogP contribution in [-0.4, -0.2) is 39.2 Å². The molecule has 2 aromatic rings. The number of nitrogens with one attached hydrogen (secondary N) is 1. The molecular formula is C21H19F2N3O4. The molecule has 0 aliphatic heterocycles. The van der Waals surface area contributed by atoms with Crippen molar-refractivity contribution in [2.75, 3.05) is 30.9 Å². The van der Waals surface area contributed by atoms with E-state index in [0.29, 0.717) is 5.56 Å². The molecule has 1 N–H and O–H groups in total. The van der Waals surface area contributed by atoms with Gasteiger partial charge in [0, 0.05) is 19.8 Å². The minimum absolute atomic E-state index is 0.00382. The first kappa shape index (κ1) is 22.4. The van der Waals surface area contributed by atoms with E-state index < -0.39 is 25.1 Å². The predicted octanol–water partition coefficient (Wildman–Crippen LogP) is 3.44. The van der Waals surface area contributed by atoms with E-state index >= 15 is 0 Å². The van der Waals surface area contributed by atoms with Gasteiger partial charge in [-0.15, -0.1) is 0 Å². The summed E-state index contributed by atoms with van der Waals surface area (Å²) in [4.78, 5) is 26.0. The van der Waals surface area contributed by atoms with Gasteiger partial charge in [-0.3, -0.25) is 4.79 Å². The quantitative estimate of drug-likeness (QED) is 0.403. The summed E-state index contributed by atoms with van der Waals surface area (Å²) in [6.45, 7) is -3.77. The summed E-state index contributed by atoms with van der Waals surface area (Å²) < 4.78 is 34.0. The Labute approximate surface area is 172 Å². The van der Waals surface area contributed by atoms with E-state index in [-0.39, 0.29) is 17.0 Å². The third-order valence-electron chi connectivity index (χ3n) is 3.77. The highest BCUT2D eigenvalue weighted by molar-refractivity contribution is 6.00. The van der Waals surface area contributed by atoms with Crippen LogP contribution in [0.15, 0.2) is 54.1 Å². The van der Waals surface area contributed by atoms with Crippen LogP contribution < -0.4 is 15.0 Å². The maximum absolute atomic E-state index is 12.4. The molecule has 156 valence electrons. The number of hydrogen-bond donors (Lipinski definition) is 1. The van der Waals surface area contributed by atoms with Crippen molar-refractivity contribution in [3.8, 4) is 11.8 Å². The lowest BCUT2D eigenvalue weighted by atomic mass is 10.1. The van der Waals surface area contributed by atoms with Crippen molar-refractivity contribution >= 4 is 29.3 Å². The number of ether oxygens (including phenoxy) is 2. The highest BCUT2D eigenvalue weighted by Crippen LogP contribution is 2.25. The Morgan fingerprint density at radius 2 is 1.83 bits per heavy atom. The van der Waals surface area contributed by atoms with Gasteiger partial charge < -0.3 is 19.7 Å². The lowest BCUT2D eigenvalue weighted by Gasteiger charge is -2.12. The van der Waals surface area contributed by atoms with E-state index in [4.69, 9.17) is 4.74 Å². The molecule has 0 heterocycles. The van der Waals surface area contributed by atoms with Crippen molar-refractivity contribution in [1.82, 2.24) is 0 Å². The molecule has 0 saturated heterocycles. The summed E-state index contributed by atoms with van der Waals surface area (Å²) in [5, 5.41) is 11.5. The highest BCUT2D eigenvalue weighted by atomic mass is 19.3. The number of hydrogen-bond acceptors (Lipinski definition) is 6. The Morgan fingerprint density at radius 1 is 1.17 bits per heavy atom. The van der Waals surface area contributed by atoms with Crippen LogP contribution >= 0.6 is 0 Å². The lowest BCUT2D eigenvalue weighted by Crippen LogP contribution is -2.22. The number of amides is 1. The average molecular weight is 415 g/mol. The fraction of sp³-hybridized carbons (Fsp3) is 0.190. The number of para-hydroxylation sites is 2. The van der Waals surface area contributed by atoms with Gasteiger partial charge in [-0.25, -0.2) is 4.79 Å². The first-order chi connectivity index (χ1) is 14.3. The van der Waals surface area contributed by atoms with Crippen molar-refractivity contribution < 1.29 is 27.8 Å². The van der Waals surface area contributed by atoms with Crippen molar-refractivity contribution in [1.29, 1.82) is 5.26 Å². The van der Waals surface area contributed by atoms with E-state index in [1.165, 1.54) is 30.3 Å². The number of nitriles is 1. The van der Waals surface area contributed by atoms with Gasteiger partial charge in [0.05, 0.1) is 5.69 Å². The molecule has 7 nitrogen and oxygen atoms in total.